The Bertz CT molecular complexity index is 529. The Kier molecular flexibility index (Phi) is 3.38. The summed E-state index contributed by atoms with van der Waals surface area (Å²) < 4.78 is 27.2. The van der Waals surface area contributed by atoms with Gasteiger partial charge in [0.15, 0.2) is 0 Å². The van der Waals surface area contributed by atoms with Gasteiger partial charge in [0.05, 0.1) is 5.69 Å². The van der Waals surface area contributed by atoms with Crippen molar-refractivity contribution in [1.29, 1.82) is 0 Å². The van der Waals surface area contributed by atoms with Crippen molar-refractivity contribution in [3.63, 3.8) is 0 Å². The summed E-state index contributed by atoms with van der Waals surface area (Å²) in [6.45, 7) is 0. The number of hydrogen-bond acceptors (Lipinski definition) is 2. The first-order valence-corrected chi connectivity index (χ1v) is 5.67. The molecule has 0 unspecified atom stereocenters. The first-order valence-electron chi connectivity index (χ1n) is 4.88. The highest BCUT2D eigenvalue weighted by Crippen LogP contribution is 2.25. The van der Waals surface area contributed by atoms with Gasteiger partial charge in [-0.3, -0.25) is 0 Å². The highest BCUT2D eigenvalue weighted by Gasteiger charge is 2.11. The third kappa shape index (κ3) is 2.61. The summed E-state index contributed by atoms with van der Waals surface area (Å²) in [5.41, 5.74) is 0.279. The maximum atomic E-state index is 13.5. The fourth-order valence-corrected chi connectivity index (χ4v) is 1.68. The quantitative estimate of drug-likeness (QED) is 0.836. The second kappa shape index (κ2) is 4.79. The van der Waals surface area contributed by atoms with Gasteiger partial charge in [-0.1, -0.05) is 0 Å². The highest BCUT2D eigenvalue weighted by molar-refractivity contribution is 9.10. The topological polar surface area (TPSA) is 16.1 Å². The molecule has 0 atom stereocenters. The van der Waals surface area contributed by atoms with E-state index in [1.165, 1.54) is 12.1 Å². The predicted molar refractivity (Wildman–Crippen MR) is 66.4 cm³/mol. The molecule has 2 aromatic rings. The van der Waals surface area contributed by atoms with Crippen molar-refractivity contribution >= 4 is 27.4 Å². The molecule has 0 saturated carbocycles. The number of aromatic nitrogens is 1. The van der Waals surface area contributed by atoms with Gasteiger partial charge >= 0.3 is 0 Å². The summed E-state index contributed by atoms with van der Waals surface area (Å²) in [6.07, 6.45) is 1.62. The van der Waals surface area contributed by atoms with Crippen molar-refractivity contribution in [2.75, 3.05) is 11.9 Å². The maximum Gasteiger partial charge on any atom is 0.149 e. The molecule has 88 valence electrons. The van der Waals surface area contributed by atoms with E-state index in [4.69, 9.17) is 0 Å². The Labute approximate surface area is 106 Å². The van der Waals surface area contributed by atoms with Crippen molar-refractivity contribution in [2.45, 2.75) is 0 Å². The average molecular weight is 299 g/mol. The number of pyridine rings is 1. The van der Waals surface area contributed by atoms with Crippen LogP contribution in [0.4, 0.5) is 20.3 Å². The van der Waals surface area contributed by atoms with E-state index in [0.29, 0.717) is 5.82 Å². The average Bonchev–Trinajstić information content (AvgIpc) is 2.29. The lowest BCUT2D eigenvalue weighted by Gasteiger charge is -2.18. The molecule has 0 aliphatic rings. The van der Waals surface area contributed by atoms with Gasteiger partial charge in [-0.15, -0.1) is 0 Å². The van der Waals surface area contributed by atoms with Gasteiger partial charge in [-0.2, -0.15) is 0 Å². The highest BCUT2D eigenvalue weighted by atomic mass is 79.9. The third-order valence-electron chi connectivity index (χ3n) is 2.33. The van der Waals surface area contributed by atoms with E-state index in [0.717, 1.165) is 10.5 Å². The second-order valence-corrected chi connectivity index (χ2v) is 4.41. The molecule has 0 N–H and O–H groups in total. The molecule has 1 aromatic carbocycles. The fourth-order valence-electron chi connectivity index (χ4n) is 1.44. The summed E-state index contributed by atoms with van der Waals surface area (Å²) in [5.74, 6) is -0.626. The Balaban J connectivity index is 2.36. The summed E-state index contributed by atoms with van der Waals surface area (Å²) >= 11 is 3.27. The minimum Gasteiger partial charge on any atom is -0.327 e. The molecule has 0 aliphatic heterocycles. The summed E-state index contributed by atoms with van der Waals surface area (Å²) in [7, 11) is 1.67. The van der Waals surface area contributed by atoms with E-state index < -0.39 is 11.6 Å². The summed E-state index contributed by atoms with van der Waals surface area (Å²) in [4.78, 5) is 5.69. The van der Waals surface area contributed by atoms with E-state index in [1.807, 2.05) is 0 Å². The van der Waals surface area contributed by atoms with E-state index in [-0.39, 0.29) is 5.69 Å². The molecule has 0 aliphatic carbocycles. The largest absolute Gasteiger partial charge is 0.327 e. The molecule has 2 nitrogen and oxygen atoms in total. The molecule has 0 bridgehead atoms. The van der Waals surface area contributed by atoms with Gasteiger partial charge in [-0.25, -0.2) is 13.8 Å². The lowest BCUT2D eigenvalue weighted by Crippen LogP contribution is -2.12. The number of hydrogen-bond donors (Lipinski definition) is 0. The summed E-state index contributed by atoms with van der Waals surface area (Å²) in [6, 6.07) is 7.00. The van der Waals surface area contributed by atoms with Crippen LogP contribution in [0.2, 0.25) is 0 Å². The molecule has 1 aromatic heterocycles. The molecule has 17 heavy (non-hydrogen) atoms. The minimum absolute atomic E-state index is 0.279. The lowest BCUT2D eigenvalue weighted by atomic mass is 10.2. The standard InChI is InChI=1S/C12H9BrF2N2/c1-17(12-5-2-8(13)7-16-12)11-4-3-9(14)6-10(11)15/h2-7H,1H3. The van der Waals surface area contributed by atoms with Gasteiger partial charge in [0.1, 0.15) is 17.5 Å². The third-order valence-corrected chi connectivity index (χ3v) is 2.80. The number of benzene rings is 1. The number of anilines is 2. The second-order valence-electron chi connectivity index (χ2n) is 3.49. The van der Waals surface area contributed by atoms with Crippen molar-refractivity contribution < 1.29 is 8.78 Å². The molecule has 1 heterocycles. The molecule has 2 rings (SSSR count). The van der Waals surface area contributed by atoms with Crippen LogP contribution in [-0.2, 0) is 0 Å². The van der Waals surface area contributed by atoms with E-state index in [9.17, 15) is 8.78 Å². The Morgan fingerprint density at radius 2 is 1.94 bits per heavy atom. The number of halogens is 3. The van der Waals surface area contributed by atoms with Crippen molar-refractivity contribution in [3.8, 4) is 0 Å². The van der Waals surface area contributed by atoms with Crippen LogP contribution in [0.3, 0.4) is 0 Å². The van der Waals surface area contributed by atoms with Gasteiger partial charge in [0, 0.05) is 23.8 Å². The molecule has 0 amide bonds. The van der Waals surface area contributed by atoms with Crippen LogP contribution in [0.5, 0.6) is 0 Å². The van der Waals surface area contributed by atoms with E-state index >= 15 is 0 Å². The SMILES string of the molecule is CN(c1ccc(Br)cn1)c1ccc(F)cc1F. The predicted octanol–water partition coefficient (Wildman–Crippen LogP) is 3.89. The van der Waals surface area contributed by atoms with Crippen LogP contribution in [0, 0.1) is 11.6 Å². The smallest absolute Gasteiger partial charge is 0.149 e. The maximum absolute atomic E-state index is 13.5. The van der Waals surface area contributed by atoms with Crippen LogP contribution in [0.15, 0.2) is 41.0 Å². The molecule has 0 fully saturated rings. The molecular formula is C12H9BrF2N2. The summed E-state index contributed by atoms with van der Waals surface area (Å²) in [5, 5.41) is 0. The van der Waals surface area contributed by atoms with Gasteiger partial charge < -0.3 is 4.90 Å². The fraction of sp³-hybridized carbons (Fsp3) is 0.0833. The molecule has 0 radical (unpaired) electrons. The normalized spacial score (nSPS) is 10.4. The van der Waals surface area contributed by atoms with Crippen LogP contribution in [0.25, 0.3) is 0 Å². The van der Waals surface area contributed by atoms with Crippen molar-refractivity contribution in [2.24, 2.45) is 0 Å². The minimum atomic E-state index is -0.614. The molecule has 5 heteroatoms. The molecule has 0 saturated heterocycles. The first kappa shape index (κ1) is 12.0. The molecule has 0 spiro atoms. The zero-order valence-electron chi connectivity index (χ0n) is 8.99. The number of rotatable bonds is 2. The Morgan fingerprint density at radius 1 is 1.18 bits per heavy atom. The van der Waals surface area contributed by atoms with Crippen molar-refractivity contribution in [3.05, 3.63) is 52.6 Å². The van der Waals surface area contributed by atoms with Crippen LogP contribution >= 0.6 is 15.9 Å². The van der Waals surface area contributed by atoms with E-state index in [2.05, 4.69) is 20.9 Å². The Morgan fingerprint density at radius 3 is 2.53 bits per heavy atom. The zero-order chi connectivity index (χ0) is 12.4. The number of nitrogens with zero attached hydrogens (tertiary/aromatic N) is 2. The van der Waals surface area contributed by atoms with Gasteiger partial charge in [-0.05, 0) is 40.2 Å². The van der Waals surface area contributed by atoms with E-state index in [1.54, 1.807) is 30.3 Å². The van der Waals surface area contributed by atoms with Crippen LogP contribution in [-0.4, -0.2) is 12.0 Å². The lowest BCUT2D eigenvalue weighted by molar-refractivity contribution is 0.583. The van der Waals surface area contributed by atoms with Gasteiger partial charge in [0.25, 0.3) is 0 Å². The van der Waals surface area contributed by atoms with Gasteiger partial charge in [0.2, 0.25) is 0 Å². The monoisotopic (exact) mass is 298 g/mol. The first-order chi connectivity index (χ1) is 8.08. The zero-order valence-corrected chi connectivity index (χ0v) is 10.6. The molecular weight excluding hydrogens is 290 g/mol. The van der Waals surface area contributed by atoms with Crippen LogP contribution in [0.1, 0.15) is 0 Å². The van der Waals surface area contributed by atoms with Crippen LogP contribution < -0.4 is 4.90 Å². The Hall–Kier alpha value is -1.49. The van der Waals surface area contributed by atoms with Crippen molar-refractivity contribution in [1.82, 2.24) is 4.98 Å².